The first-order chi connectivity index (χ1) is 8.47. The average Bonchev–Trinajstić information content (AvgIpc) is 2.75. The average molecular weight is 287 g/mol. The smallest absolute Gasteiger partial charge is 0.246 e. The van der Waals surface area contributed by atoms with Gasteiger partial charge in [-0.15, -0.1) is 11.3 Å². The molecule has 2 amide bonds. The Bertz CT molecular complexity index is 488. The van der Waals surface area contributed by atoms with Gasteiger partial charge < -0.3 is 10.2 Å². The van der Waals surface area contributed by atoms with Gasteiger partial charge in [0, 0.05) is 4.88 Å². The highest BCUT2D eigenvalue weighted by Crippen LogP contribution is 2.29. The van der Waals surface area contributed by atoms with Crippen LogP contribution in [-0.4, -0.2) is 28.8 Å². The molecule has 4 nitrogen and oxygen atoms in total. The fraction of sp³-hybridized carbons (Fsp3) is 0.500. The molecule has 1 fully saturated rings. The Morgan fingerprint density at radius 1 is 1.50 bits per heavy atom. The van der Waals surface area contributed by atoms with Gasteiger partial charge in [0.2, 0.25) is 11.8 Å². The van der Waals surface area contributed by atoms with Crippen molar-refractivity contribution in [1.82, 2.24) is 10.2 Å². The van der Waals surface area contributed by atoms with Crippen LogP contribution in [0.3, 0.4) is 0 Å². The molecule has 18 heavy (non-hydrogen) atoms. The van der Waals surface area contributed by atoms with E-state index in [1.165, 1.54) is 11.3 Å². The van der Waals surface area contributed by atoms with Crippen molar-refractivity contribution in [2.45, 2.75) is 32.4 Å². The molecule has 1 saturated heterocycles. The zero-order valence-electron chi connectivity index (χ0n) is 10.3. The van der Waals surface area contributed by atoms with E-state index in [1.807, 2.05) is 13.0 Å². The molecule has 0 aliphatic carbocycles. The van der Waals surface area contributed by atoms with Gasteiger partial charge in [-0.05, 0) is 25.5 Å². The quantitative estimate of drug-likeness (QED) is 0.924. The molecule has 0 saturated carbocycles. The van der Waals surface area contributed by atoms with E-state index < -0.39 is 5.54 Å². The number of rotatable bonds is 3. The van der Waals surface area contributed by atoms with E-state index in [9.17, 15) is 9.59 Å². The highest BCUT2D eigenvalue weighted by molar-refractivity contribution is 7.16. The largest absolute Gasteiger partial charge is 0.345 e. The second kappa shape index (κ2) is 4.90. The Morgan fingerprint density at radius 2 is 2.22 bits per heavy atom. The van der Waals surface area contributed by atoms with E-state index in [1.54, 1.807) is 17.9 Å². The lowest BCUT2D eigenvalue weighted by Crippen LogP contribution is -2.65. The topological polar surface area (TPSA) is 49.4 Å². The molecular formula is C12H15ClN2O2S. The van der Waals surface area contributed by atoms with E-state index in [2.05, 4.69) is 5.32 Å². The van der Waals surface area contributed by atoms with Crippen molar-refractivity contribution in [1.29, 1.82) is 0 Å². The van der Waals surface area contributed by atoms with Gasteiger partial charge >= 0.3 is 0 Å². The van der Waals surface area contributed by atoms with E-state index in [4.69, 9.17) is 11.6 Å². The van der Waals surface area contributed by atoms with Gasteiger partial charge in [0.05, 0.1) is 17.4 Å². The molecule has 1 aliphatic heterocycles. The Labute approximate surface area is 115 Å². The van der Waals surface area contributed by atoms with Crippen LogP contribution in [-0.2, 0) is 16.1 Å². The second-order valence-corrected chi connectivity index (χ2v) is 6.30. The summed E-state index contributed by atoms with van der Waals surface area (Å²) < 4.78 is 0.692. The summed E-state index contributed by atoms with van der Waals surface area (Å²) in [7, 11) is 0. The predicted molar refractivity (Wildman–Crippen MR) is 71.6 cm³/mol. The van der Waals surface area contributed by atoms with Crippen LogP contribution >= 0.6 is 22.9 Å². The van der Waals surface area contributed by atoms with Crippen LogP contribution < -0.4 is 5.32 Å². The predicted octanol–water partition coefficient (Wildman–Crippen LogP) is 2.03. The number of carbonyl (C=O) groups excluding carboxylic acids is 2. The molecule has 0 radical (unpaired) electrons. The van der Waals surface area contributed by atoms with Crippen LogP contribution in [0.15, 0.2) is 12.1 Å². The molecule has 98 valence electrons. The van der Waals surface area contributed by atoms with Crippen molar-refractivity contribution in [2.24, 2.45) is 0 Å². The molecule has 2 rings (SSSR count). The van der Waals surface area contributed by atoms with E-state index in [0.29, 0.717) is 17.3 Å². The van der Waals surface area contributed by atoms with Gasteiger partial charge in [-0.1, -0.05) is 18.5 Å². The van der Waals surface area contributed by atoms with Crippen molar-refractivity contribution in [3.05, 3.63) is 21.3 Å². The number of nitrogens with one attached hydrogen (secondary N) is 1. The standard InChI is InChI=1S/C12H15ClN2O2S/c1-3-12(2)11(17)14-6-10(16)15(12)7-8-4-5-9(13)18-8/h4-5H,3,6-7H2,1-2H3,(H,14,17). The molecular weight excluding hydrogens is 272 g/mol. The minimum atomic E-state index is -0.772. The maximum atomic E-state index is 12.0. The lowest BCUT2D eigenvalue weighted by molar-refractivity contribution is -0.153. The Balaban J connectivity index is 2.26. The molecule has 1 N–H and O–H groups in total. The van der Waals surface area contributed by atoms with Gasteiger partial charge in [0.25, 0.3) is 0 Å². The summed E-state index contributed by atoms with van der Waals surface area (Å²) in [5, 5.41) is 2.64. The minimum Gasteiger partial charge on any atom is -0.345 e. The molecule has 1 aromatic heterocycles. The number of hydrogen-bond donors (Lipinski definition) is 1. The second-order valence-electron chi connectivity index (χ2n) is 4.50. The zero-order valence-corrected chi connectivity index (χ0v) is 11.9. The number of halogens is 1. The molecule has 0 spiro atoms. The van der Waals surface area contributed by atoms with Crippen LogP contribution in [0.5, 0.6) is 0 Å². The maximum absolute atomic E-state index is 12.0. The summed E-state index contributed by atoms with van der Waals surface area (Å²) in [5.41, 5.74) is -0.772. The lowest BCUT2D eigenvalue weighted by atomic mass is 9.92. The van der Waals surface area contributed by atoms with Crippen molar-refractivity contribution in [2.75, 3.05) is 6.54 Å². The van der Waals surface area contributed by atoms with Crippen LogP contribution in [0.2, 0.25) is 4.34 Å². The first-order valence-corrected chi connectivity index (χ1v) is 7.00. The number of hydrogen-bond acceptors (Lipinski definition) is 3. The molecule has 1 aromatic rings. The van der Waals surface area contributed by atoms with E-state index >= 15 is 0 Å². The van der Waals surface area contributed by atoms with E-state index in [-0.39, 0.29) is 18.4 Å². The highest BCUT2D eigenvalue weighted by atomic mass is 35.5. The molecule has 6 heteroatoms. The van der Waals surface area contributed by atoms with Gasteiger partial charge in [-0.2, -0.15) is 0 Å². The Morgan fingerprint density at radius 3 is 2.78 bits per heavy atom. The van der Waals surface area contributed by atoms with Gasteiger partial charge in [-0.25, -0.2) is 0 Å². The minimum absolute atomic E-state index is 0.0523. The number of amides is 2. The Hall–Kier alpha value is -1.07. The summed E-state index contributed by atoms with van der Waals surface area (Å²) in [6.07, 6.45) is 0.587. The summed E-state index contributed by atoms with van der Waals surface area (Å²) in [6.45, 7) is 4.22. The fourth-order valence-corrected chi connectivity index (χ4v) is 3.12. The molecule has 1 aliphatic rings. The van der Waals surface area contributed by atoms with Crippen molar-refractivity contribution in [3.63, 3.8) is 0 Å². The molecule has 0 aromatic carbocycles. The number of nitrogens with zero attached hydrogens (tertiary/aromatic N) is 1. The summed E-state index contributed by atoms with van der Waals surface area (Å²) in [4.78, 5) is 26.6. The first-order valence-electron chi connectivity index (χ1n) is 5.80. The molecule has 1 atom stereocenters. The molecule has 2 heterocycles. The monoisotopic (exact) mass is 286 g/mol. The molecule has 0 bridgehead atoms. The SMILES string of the molecule is CCC1(C)C(=O)NCC(=O)N1Cc1ccc(Cl)s1. The summed E-state index contributed by atoms with van der Waals surface area (Å²) in [5.74, 6) is -0.143. The third-order valence-corrected chi connectivity index (χ3v) is 4.63. The van der Waals surface area contributed by atoms with Crippen LogP contribution in [0.1, 0.15) is 25.1 Å². The van der Waals surface area contributed by atoms with Crippen LogP contribution in [0.4, 0.5) is 0 Å². The highest BCUT2D eigenvalue weighted by Gasteiger charge is 2.44. The number of thiophene rings is 1. The lowest BCUT2D eigenvalue weighted by Gasteiger charge is -2.42. The van der Waals surface area contributed by atoms with Crippen LogP contribution in [0.25, 0.3) is 0 Å². The van der Waals surface area contributed by atoms with Crippen molar-refractivity contribution < 1.29 is 9.59 Å². The normalized spacial score (nSPS) is 24.3. The Kier molecular flexibility index (Phi) is 3.64. The van der Waals surface area contributed by atoms with Gasteiger partial charge in [0.1, 0.15) is 5.54 Å². The summed E-state index contributed by atoms with van der Waals surface area (Å²) in [6, 6.07) is 3.70. The third-order valence-electron chi connectivity index (χ3n) is 3.42. The third kappa shape index (κ3) is 2.24. The van der Waals surface area contributed by atoms with Gasteiger partial charge in [0.15, 0.2) is 0 Å². The fourth-order valence-electron chi connectivity index (χ4n) is 2.05. The zero-order chi connectivity index (χ0) is 13.3. The number of piperazine rings is 1. The van der Waals surface area contributed by atoms with Crippen molar-refractivity contribution in [3.8, 4) is 0 Å². The maximum Gasteiger partial charge on any atom is 0.246 e. The van der Waals surface area contributed by atoms with Crippen LogP contribution in [0, 0.1) is 0 Å². The van der Waals surface area contributed by atoms with Crippen molar-refractivity contribution >= 4 is 34.8 Å². The molecule has 1 unspecified atom stereocenters. The van der Waals surface area contributed by atoms with E-state index in [0.717, 1.165) is 4.88 Å². The van der Waals surface area contributed by atoms with Gasteiger partial charge in [-0.3, -0.25) is 9.59 Å². The number of carbonyl (C=O) groups is 2. The first kappa shape index (κ1) is 13.4. The summed E-state index contributed by atoms with van der Waals surface area (Å²) >= 11 is 7.32.